The van der Waals surface area contributed by atoms with E-state index in [1.165, 1.54) is 12.1 Å². The fraction of sp³-hybridized carbons (Fsp3) is 0.136. The van der Waals surface area contributed by atoms with Crippen LogP contribution in [0.15, 0.2) is 89.8 Å². The molecule has 7 heteroatoms. The zero-order valence-electron chi connectivity index (χ0n) is 15.8. The lowest BCUT2D eigenvalue weighted by atomic mass is 9.87. The van der Waals surface area contributed by atoms with Crippen molar-refractivity contribution in [1.82, 2.24) is 0 Å². The Labute approximate surface area is 169 Å². The van der Waals surface area contributed by atoms with Crippen molar-refractivity contribution in [2.45, 2.75) is 17.4 Å². The third kappa shape index (κ3) is 5.82. The summed E-state index contributed by atoms with van der Waals surface area (Å²) in [5.74, 6) is -0.503. The van der Waals surface area contributed by atoms with Crippen molar-refractivity contribution in [1.29, 1.82) is 0 Å². The molecule has 0 saturated carbocycles. The highest BCUT2D eigenvalue weighted by molar-refractivity contribution is 7.85. The maximum atomic E-state index is 12.3. The second kappa shape index (κ2) is 9.58. The molecule has 0 heterocycles. The lowest BCUT2D eigenvalue weighted by Crippen LogP contribution is -2.39. The maximum Gasteiger partial charge on any atom is 0.294 e. The first-order valence-corrected chi connectivity index (χ1v) is 10.2. The van der Waals surface area contributed by atoms with Gasteiger partial charge in [-0.05, 0) is 24.6 Å². The minimum Gasteiger partial charge on any atom is -0.393 e. The van der Waals surface area contributed by atoms with Crippen LogP contribution < -0.4 is 0 Å². The van der Waals surface area contributed by atoms with E-state index in [1.54, 1.807) is 72.8 Å². The van der Waals surface area contributed by atoms with Crippen molar-refractivity contribution in [3.05, 3.63) is 102 Å². The maximum absolute atomic E-state index is 12.3. The van der Waals surface area contributed by atoms with Crippen molar-refractivity contribution >= 4 is 15.9 Å². The average Bonchev–Trinajstić information content (AvgIpc) is 2.74. The highest BCUT2D eigenvalue weighted by Gasteiger charge is 2.37. The molecular formula is C22H22O6S. The lowest BCUT2D eigenvalue weighted by Gasteiger charge is -2.24. The zero-order valence-corrected chi connectivity index (χ0v) is 16.6. The molecule has 6 nitrogen and oxygen atoms in total. The Kier molecular flexibility index (Phi) is 7.41. The van der Waals surface area contributed by atoms with Gasteiger partial charge in [-0.15, -0.1) is 0 Å². The van der Waals surface area contributed by atoms with E-state index in [0.29, 0.717) is 11.1 Å². The summed E-state index contributed by atoms with van der Waals surface area (Å²) in [5, 5.41) is 19.8. The molecule has 1 atom stereocenters. The molecule has 3 aromatic rings. The van der Waals surface area contributed by atoms with Crippen LogP contribution in [-0.2, 0) is 15.7 Å². The first kappa shape index (κ1) is 22.4. The molecule has 0 aromatic heterocycles. The number of carbonyl (C=O) groups excluding carboxylic acids is 1. The number of aryl methyl sites for hydroxylation is 1. The van der Waals surface area contributed by atoms with Crippen LogP contribution in [0.2, 0.25) is 0 Å². The van der Waals surface area contributed by atoms with E-state index in [1.807, 2.05) is 6.92 Å². The van der Waals surface area contributed by atoms with Crippen LogP contribution in [0.4, 0.5) is 0 Å². The fourth-order valence-electron chi connectivity index (χ4n) is 2.55. The van der Waals surface area contributed by atoms with Gasteiger partial charge in [-0.2, -0.15) is 8.42 Å². The standard InChI is InChI=1S/C15H14O3.C7H8O3S/c16-11-15(18,13-9-5-2-6-10-13)14(17)12-7-3-1-4-8-12;1-6-2-4-7(5-3-6)11(8,9)10/h1-10,16,18H,11H2;2-5H,1H3,(H,8,9,10). The summed E-state index contributed by atoms with van der Waals surface area (Å²) >= 11 is 0. The molecule has 0 amide bonds. The van der Waals surface area contributed by atoms with E-state index in [2.05, 4.69) is 0 Å². The summed E-state index contributed by atoms with van der Waals surface area (Å²) in [6.07, 6.45) is 0. The van der Waals surface area contributed by atoms with Gasteiger partial charge in [0.1, 0.15) is 0 Å². The van der Waals surface area contributed by atoms with Crippen molar-refractivity contribution < 1.29 is 28.0 Å². The monoisotopic (exact) mass is 414 g/mol. The van der Waals surface area contributed by atoms with Crippen molar-refractivity contribution in [2.75, 3.05) is 6.61 Å². The molecule has 0 spiro atoms. The topological polar surface area (TPSA) is 112 Å². The Morgan fingerprint density at radius 3 is 1.79 bits per heavy atom. The molecule has 0 saturated heterocycles. The molecule has 0 radical (unpaired) electrons. The SMILES string of the molecule is Cc1ccc(S(=O)(=O)O)cc1.O=C(c1ccccc1)C(O)(CO)c1ccccc1. The van der Waals surface area contributed by atoms with Gasteiger partial charge in [-0.1, -0.05) is 78.4 Å². The van der Waals surface area contributed by atoms with Gasteiger partial charge in [0.15, 0.2) is 5.60 Å². The van der Waals surface area contributed by atoms with E-state index >= 15 is 0 Å². The minimum atomic E-state index is -4.02. The number of hydrogen-bond acceptors (Lipinski definition) is 5. The Morgan fingerprint density at radius 2 is 1.34 bits per heavy atom. The van der Waals surface area contributed by atoms with E-state index in [-0.39, 0.29) is 4.90 Å². The Hall–Kier alpha value is -2.84. The summed E-state index contributed by atoms with van der Waals surface area (Å²) in [6.45, 7) is 1.19. The van der Waals surface area contributed by atoms with Crippen LogP contribution in [0.25, 0.3) is 0 Å². The van der Waals surface area contributed by atoms with Gasteiger partial charge in [-0.25, -0.2) is 0 Å². The Bertz CT molecular complexity index is 1030. The summed E-state index contributed by atoms with van der Waals surface area (Å²) in [7, 11) is -4.02. The number of hydrogen-bond donors (Lipinski definition) is 3. The first-order chi connectivity index (χ1) is 13.7. The van der Waals surface area contributed by atoms with Crippen molar-refractivity contribution in [3.8, 4) is 0 Å². The Balaban J connectivity index is 0.000000234. The van der Waals surface area contributed by atoms with E-state index in [4.69, 9.17) is 4.55 Å². The molecule has 3 rings (SSSR count). The number of ketones is 1. The molecule has 0 bridgehead atoms. The second-order valence-corrected chi connectivity index (χ2v) is 7.79. The second-order valence-electron chi connectivity index (χ2n) is 6.37. The van der Waals surface area contributed by atoms with E-state index in [9.17, 15) is 23.4 Å². The number of rotatable bonds is 5. The van der Waals surface area contributed by atoms with Crippen LogP contribution in [-0.4, -0.2) is 35.6 Å². The van der Waals surface area contributed by atoms with Gasteiger partial charge in [0.05, 0.1) is 11.5 Å². The van der Waals surface area contributed by atoms with Gasteiger partial charge in [0.2, 0.25) is 5.78 Å². The molecule has 0 aliphatic carbocycles. The summed E-state index contributed by atoms with van der Waals surface area (Å²) < 4.78 is 29.6. The van der Waals surface area contributed by atoms with Crippen molar-refractivity contribution in [3.63, 3.8) is 0 Å². The largest absolute Gasteiger partial charge is 0.393 e. The lowest BCUT2D eigenvalue weighted by molar-refractivity contribution is -0.00399. The van der Waals surface area contributed by atoms with E-state index in [0.717, 1.165) is 5.56 Å². The molecule has 0 aliphatic rings. The van der Waals surface area contributed by atoms with Crippen LogP contribution in [0, 0.1) is 6.92 Å². The average molecular weight is 414 g/mol. The van der Waals surface area contributed by atoms with Gasteiger partial charge in [0, 0.05) is 5.56 Å². The molecule has 0 aliphatic heterocycles. The normalized spacial score (nSPS) is 13.0. The third-order valence-corrected chi connectivity index (χ3v) is 5.08. The summed E-state index contributed by atoms with van der Waals surface area (Å²) in [5.41, 5.74) is -0.167. The molecule has 29 heavy (non-hydrogen) atoms. The highest BCUT2D eigenvalue weighted by Crippen LogP contribution is 2.25. The molecule has 0 fully saturated rings. The van der Waals surface area contributed by atoms with Gasteiger partial charge >= 0.3 is 0 Å². The molecule has 1 unspecified atom stereocenters. The Morgan fingerprint density at radius 1 is 0.862 bits per heavy atom. The third-order valence-electron chi connectivity index (χ3n) is 4.21. The number of Topliss-reactive ketones (excluding diaryl/α,β-unsaturated/α-hetero) is 1. The summed E-state index contributed by atoms with van der Waals surface area (Å²) in [6, 6.07) is 22.9. The number of aliphatic hydroxyl groups is 2. The minimum absolute atomic E-state index is 0.0666. The number of benzene rings is 3. The predicted molar refractivity (Wildman–Crippen MR) is 109 cm³/mol. The van der Waals surface area contributed by atoms with Crippen LogP contribution >= 0.6 is 0 Å². The van der Waals surface area contributed by atoms with Crippen LogP contribution in [0.1, 0.15) is 21.5 Å². The zero-order chi connectivity index (χ0) is 21.5. The van der Waals surface area contributed by atoms with Gasteiger partial charge in [-0.3, -0.25) is 9.35 Å². The molecule has 3 N–H and O–H groups in total. The smallest absolute Gasteiger partial charge is 0.294 e. The number of carbonyl (C=O) groups is 1. The van der Waals surface area contributed by atoms with Crippen LogP contribution in [0.5, 0.6) is 0 Å². The van der Waals surface area contributed by atoms with Gasteiger partial charge < -0.3 is 10.2 Å². The molecule has 3 aromatic carbocycles. The number of aliphatic hydroxyl groups excluding tert-OH is 1. The fourth-order valence-corrected chi connectivity index (χ4v) is 3.03. The quantitative estimate of drug-likeness (QED) is 0.437. The molecule has 152 valence electrons. The van der Waals surface area contributed by atoms with Gasteiger partial charge in [0.25, 0.3) is 10.1 Å². The van der Waals surface area contributed by atoms with E-state index < -0.39 is 28.1 Å². The predicted octanol–water partition coefficient (Wildman–Crippen LogP) is 2.99. The van der Waals surface area contributed by atoms with Crippen LogP contribution in [0.3, 0.4) is 0 Å². The first-order valence-electron chi connectivity index (χ1n) is 8.71. The highest BCUT2D eigenvalue weighted by atomic mass is 32.2. The molecular weight excluding hydrogens is 392 g/mol. The van der Waals surface area contributed by atoms with Crippen molar-refractivity contribution in [2.24, 2.45) is 0 Å². The summed E-state index contributed by atoms with van der Waals surface area (Å²) in [4.78, 5) is 12.2.